The minimum absolute atomic E-state index is 0.0287. The molecule has 2 N–H and O–H groups in total. The lowest BCUT2D eigenvalue weighted by atomic mass is 10.1. The summed E-state index contributed by atoms with van der Waals surface area (Å²) in [6.45, 7) is 3.03. The van der Waals surface area contributed by atoms with Crippen molar-refractivity contribution in [3.63, 3.8) is 0 Å². The Hall–Kier alpha value is -3.72. The fourth-order valence-electron chi connectivity index (χ4n) is 4.22. The van der Waals surface area contributed by atoms with E-state index in [1.54, 1.807) is 11.5 Å². The molecule has 1 saturated heterocycles. The van der Waals surface area contributed by atoms with E-state index >= 15 is 0 Å². The maximum Gasteiger partial charge on any atom is 0.573 e. The van der Waals surface area contributed by atoms with Gasteiger partial charge in [-0.1, -0.05) is 18.1 Å². The Bertz CT molecular complexity index is 1410. The molecule has 0 spiro atoms. The first-order valence-corrected chi connectivity index (χ1v) is 11.0. The topological polar surface area (TPSA) is 100 Å². The van der Waals surface area contributed by atoms with Crippen LogP contribution in [0.15, 0.2) is 33.9 Å². The highest BCUT2D eigenvalue weighted by Crippen LogP contribution is 2.24. The number of nitrogens with zero attached hydrogens (tertiary/aromatic N) is 5. The Morgan fingerprint density at radius 2 is 1.91 bits per heavy atom. The Kier molecular flexibility index (Phi) is 6.62. The summed E-state index contributed by atoms with van der Waals surface area (Å²) < 4.78 is 45.2. The minimum Gasteiger partial charge on any atom is -0.406 e. The quantitative estimate of drug-likeness (QED) is 0.548. The predicted octanol–water partition coefficient (Wildman–Crippen LogP) is 1.79. The van der Waals surface area contributed by atoms with Crippen LogP contribution in [0.25, 0.3) is 11.2 Å². The van der Waals surface area contributed by atoms with E-state index in [4.69, 9.17) is 5.73 Å². The summed E-state index contributed by atoms with van der Waals surface area (Å²) in [7, 11) is 1.52. The van der Waals surface area contributed by atoms with Gasteiger partial charge in [0.1, 0.15) is 5.75 Å². The van der Waals surface area contributed by atoms with Crippen molar-refractivity contribution >= 4 is 17.1 Å². The summed E-state index contributed by atoms with van der Waals surface area (Å²) in [5, 5.41) is 0. The normalized spacial score (nSPS) is 16.3. The highest BCUT2D eigenvalue weighted by molar-refractivity contribution is 5.75. The number of benzene rings is 1. The molecule has 1 aliphatic rings. The number of ether oxygens (including phenoxy) is 1. The predicted molar refractivity (Wildman–Crippen MR) is 124 cm³/mol. The number of nitrogens with two attached hydrogens (primary N) is 1. The summed E-state index contributed by atoms with van der Waals surface area (Å²) >= 11 is 0. The third-order valence-corrected chi connectivity index (χ3v) is 5.86. The molecule has 186 valence electrons. The second-order valence-corrected chi connectivity index (χ2v) is 8.37. The molecule has 9 nitrogen and oxygen atoms in total. The number of imidazole rings is 1. The van der Waals surface area contributed by atoms with E-state index in [2.05, 4.69) is 21.6 Å². The molecule has 2 aromatic heterocycles. The summed E-state index contributed by atoms with van der Waals surface area (Å²) in [6, 6.07) is 4.99. The SMILES string of the molecule is CC#CCn1c(N2CCC[C@@H](N)C2)nc2c1c(=O)n(Cc1ccc(OC(F)(F)F)cc1)c(=O)n2C. The highest BCUT2D eigenvalue weighted by Gasteiger charge is 2.31. The molecule has 1 fully saturated rings. The second kappa shape index (κ2) is 9.50. The number of alkyl halides is 3. The number of fused-ring (bicyclic) bond motifs is 1. The Morgan fingerprint density at radius 1 is 1.20 bits per heavy atom. The molecule has 0 unspecified atom stereocenters. The first-order valence-electron chi connectivity index (χ1n) is 11.0. The first-order chi connectivity index (χ1) is 16.6. The fourth-order valence-corrected chi connectivity index (χ4v) is 4.22. The lowest BCUT2D eigenvalue weighted by Gasteiger charge is -2.31. The molecule has 1 atom stereocenters. The number of halogens is 3. The number of hydrogen-bond acceptors (Lipinski definition) is 6. The molecule has 3 aromatic rings. The lowest BCUT2D eigenvalue weighted by molar-refractivity contribution is -0.274. The average Bonchev–Trinajstić information content (AvgIpc) is 3.19. The molecule has 0 amide bonds. The number of piperidine rings is 1. The minimum atomic E-state index is -4.81. The van der Waals surface area contributed by atoms with Gasteiger partial charge in [-0.05, 0) is 37.5 Å². The van der Waals surface area contributed by atoms with E-state index in [1.807, 2.05) is 4.90 Å². The van der Waals surface area contributed by atoms with Gasteiger partial charge >= 0.3 is 12.1 Å². The highest BCUT2D eigenvalue weighted by atomic mass is 19.4. The van der Waals surface area contributed by atoms with Crippen molar-refractivity contribution in [2.45, 2.75) is 45.3 Å². The Labute approximate surface area is 198 Å². The van der Waals surface area contributed by atoms with Gasteiger partial charge in [0.05, 0.1) is 13.1 Å². The second-order valence-electron chi connectivity index (χ2n) is 8.37. The van der Waals surface area contributed by atoms with Gasteiger partial charge in [-0.25, -0.2) is 4.79 Å². The van der Waals surface area contributed by atoms with Crippen LogP contribution in [-0.4, -0.2) is 44.2 Å². The van der Waals surface area contributed by atoms with Crippen molar-refractivity contribution in [3.8, 4) is 17.6 Å². The van der Waals surface area contributed by atoms with Crippen molar-refractivity contribution in [2.75, 3.05) is 18.0 Å². The molecule has 0 saturated carbocycles. The van der Waals surface area contributed by atoms with Gasteiger partial charge in [0, 0.05) is 26.2 Å². The van der Waals surface area contributed by atoms with Gasteiger partial charge < -0.3 is 15.4 Å². The van der Waals surface area contributed by atoms with Crippen molar-refractivity contribution in [1.29, 1.82) is 0 Å². The summed E-state index contributed by atoms with van der Waals surface area (Å²) in [5.74, 6) is 5.92. The van der Waals surface area contributed by atoms with Crippen molar-refractivity contribution in [3.05, 3.63) is 50.7 Å². The van der Waals surface area contributed by atoms with Crippen molar-refractivity contribution in [2.24, 2.45) is 12.8 Å². The van der Waals surface area contributed by atoms with E-state index in [-0.39, 0.29) is 30.3 Å². The van der Waals surface area contributed by atoms with Crippen LogP contribution in [-0.2, 0) is 20.1 Å². The molecule has 1 aromatic carbocycles. The van der Waals surface area contributed by atoms with Crippen LogP contribution in [0.2, 0.25) is 0 Å². The molecule has 3 heterocycles. The molecule has 0 aliphatic carbocycles. The summed E-state index contributed by atoms with van der Waals surface area (Å²) in [6.07, 6.45) is -3.04. The maximum atomic E-state index is 13.5. The van der Waals surface area contributed by atoms with E-state index in [0.29, 0.717) is 24.6 Å². The zero-order valence-corrected chi connectivity index (χ0v) is 19.3. The van der Waals surface area contributed by atoms with Gasteiger partial charge in [0.2, 0.25) is 5.95 Å². The van der Waals surface area contributed by atoms with Gasteiger partial charge in [0.25, 0.3) is 5.56 Å². The van der Waals surface area contributed by atoms with Crippen molar-refractivity contribution in [1.82, 2.24) is 18.7 Å². The monoisotopic (exact) mass is 490 g/mol. The zero-order chi connectivity index (χ0) is 25.3. The smallest absolute Gasteiger partial charge is 0.406 e. The van der Waals surface area contributed by atoms with Crippen LogP contribution < -0.4 is 26.6 Å². The average molecular weight is 490 g/mol. The van der Waals surface area contributed by atoms with Gasteiger partial charge in [0.15, 0.2) is 11.2 Å². The van der Waals surface area contributed by atoms with Crippen LogP contribution in [0.3, 0.4) is 0 Å². The van der Waals surface area contributed by atoms with Crippen molar-refractivity contribution < 1.29 is 17.9 Å². The van der Waals surface area contributed by atoms with Crippen LogP contribution in [0.4, 0.5) is 19.1 Å². The number of aryl methyl sites for hydroxylation is 1. The van der Waals surface area contributed by atoms with Gasteiger partial charge in [-0.2, -0.15) is 4.98 Å². The molecule has 4 rings (SSSR count). The standard InChI is InChI=1S/C23H25F3N6O3/c1-3-4-12-31-18-19(28-21(31)30-11-5-6-16(27)14-30)29(2)22(34)32(20(18)33)13-15-7-9-17(10-8-15)35-23(24,25)26/h7-10,16H,5-6,11-14,27H2,1-2H3/t16-/m1/s1. The third-order valence-electron chi connectivity index (χ3n) is 5.86. The molecule has 1 aliphatic heterocycles. The lowest BCUT2D eigenvalue weighted by Crippen LogP contribution is -2.44. The molecule has 0 radical (unpaired) electrons. The Morgan fingerprint density at radius 3 is 2.54 bits per heavy atom. The number of hydrogen-bond donors (Lipinski definition) is 1. The van der Waals surface area contributed by atoms with E-state index in [9.17, 15) is 22.8 Å². The molecular formula is C23H25F3N6O3. The molecule has 35 heavy (non-hydrogen) atoms. The first kappa shape index (κ1) is 24.4. The largest absolute Gasteiger partial charge is 0.573 e. The molecular weight excluding hydrogens is 465 g/mol. The van der Waals surface area contributed by atoms with Crippen LogP contribution in [0.1, 0.15) is 25.3 Å². The maximum absolute atomic E-state index is 13.5. The summed E-state index contributed by atoms with van der Waals surface area (Å²) in [5.41, 5.74) is 5.91. The van der Waals surface area contributed by atoms with Gasteiger partial charge in [-0.15, -0.1) is 19.1 Å². The van der Waals surface area contributed by atoms with Gasteiger partial charge in [-0.3, -0.25) is 18.5 Å². The third kappa shape index (κ3) is 5.05. The number of rotatable bonds is 5. The summed E-state index contributed by atoms with van der Waals surface area (Å²) in [4.78, 5) is 33.2. The van der Waals surface area contributed by atoms with Crippen LogP contribution in [0, 0.1) is 11.8 Å². The molecule has 0 bridgehead atoms. The fraction of sp³-hybridized carbons (Fsp3) is 0.435. The van der Waals surface area contributed by atoms with Crippen LogP contribution in [0.5, 0.6) is 5.75 Å². The molecule has 12 heteroatoms. The number of anilines is 1. The number of aromatic nitrogens is 4. The zero-order valence-electron chi connectivity index (χ0n) is 19.3. The van der Waals surface area contributed by atoms with Crippen LogP contribution >= 0.6 is 0 Å². The Balaban J connectivity index is 1.80. The van der Waals surface area contributed by atoms with E-state index in [1.165, 1.54) is 23.7 Å². The van der Waals surface area contributed by atoms with E-state index in [0.717, 1.165) is 29.5 Å². The van der Waals surface area contributed by atoms with E-state index < -0.39 is 23.4 Å².